The second-order valence-electron chi connectivity index (χ2n) is 3.26. The first kappa shape index (κ1) is 12.8. The first-order chi connectivity index (χ1) is 8.58. The van der Waals surface area contributed by atoms with Gasteiger partial charge in [-0.1, -0.05) is 23.4 Å². The van der Waals surface area contributed by atoms with Crippen LogP contribution in [0.3, 0.4) is 0 Å². The highest BCUT2D eigenvalue weighted by atomic mass is 35.5. The van der Waals surface area contributed by atoms with E-state index in [1.54, 1.807) is 0 Å². The van der Waals surface area contributed by atoms with Gasteiger partial charge in [-0.05, 0) is 18.2 Å². The Morgan fingerprint density at radius 2 is 2.33 bits per heavy atom. The molecule has 0 amide bonds. The van der Waals surface area contributed by atoms with Gasteiger partial charge in [0, 0.05) is 0 Å². The number of benzene rings is 1. The number of nitrogens with zero attached hydrogens (tertiary/aromatic N) is 3. The number of carboxylic acid groups (broad SMARTS) is 1. The van der Waals surface area contributed by atoms with Crippen LogP contribution in [0.25, 0.3) is 5.69 Å². The van der Waals surface area contributed by atoms with Crippen molar-refractivity contribution in [3.63, 3.8) is 0 Å². The van der Waals surface area contributed by atoms with Crippen LogP contribution in [-0.4, -0.2) is 31.6 Å². The van der Waals surface area contributed by atoms with Gasteiger partial charge in [-0.25, -0.2) is 4.39 Å². The van der Waals surface area contributed by atoms with Crippen LogP contribution in [0.2, 0.25) is 5.02 Å². The fourth-order valence-electron chi connectivity index (χ4n) is 1.28. The number of thioether (sulfide) groups is 1. The molecule has 1 aromatic carbocycles. The van der Waals surface area contributed by atoms with E-state index in [1.807, 2.05) is 0 Å². The molecule has 94 valence electrons. The quantitative estimate of drug-likeness (QED) is 0.874. The molecule has 0 radical (unpaired) electrons. The molecule has 5 nitrogen and oxygen atoms in total. The molecular weight excluding hydrogens is 281 g/mol. The number of aromatic nitrogens is 3. The maximum absolute atomic E-state index is 13.2. The van der Waals surface area contributed by atoms with Gasteiger partial charge in [0.15, 0.2) is 5.16 Å². The molecule has 0 atom stereocenters. The van der Waals surface area contributed by atoms with Crippen molar-refractivity contribution in [2.24, 2.45) is 0 Å². The van der Waals surface area contributed by atoms with Gasteiger partial charge in [0.05, 0.1) is 16.5 Å². The van der Waals surface area contributed by atoms with Crippen LogP contribution in [0, 0.1) is 5.82 Å². The van der Waals surface area contributed by atoms with Gasteiger partial charge in [0.1, 0.15) is 12.1 Å². The molecule has 0 fully saturated rings. The van der Waals surface area contributed by atoms with Crippen LogP contribution in [0.4, 0.5) is 4.39 Å². The fourth-order valence-corrected chi connectivity index (χ4v) is 2.14. The minimum absolute atomic E-state index is 0.161. The summed E-state index contributed by atoms with van der Waals surface area (Å²) in [6, 6.07) is 3.88. The van der Waals surface area contributed by atoms with E-state index in [4.69, 9.17) is 16.7 Å². The summed E-state index contributed by atoms with van der Waals surface area (Å²) >= 11 is 6.93. The normalized spacial score (nSPS) is 10.6. The fraction of sp³-hybridized carbons (Fsp3) is 0.100. The van der Waals surface area contributed by atoms with E-state index in [-0.39, 0.29) is 5.75 Å². The standard InChI is InChI=1S/C10H7ClFN3O2S/c11-7-2-1-6(12)3-8(7)15-5-13-14-10(15)18-4-9(16)17/h1-3,5H,4H2,(H,16,17). The van der Waals surface area contributed by atoms with Gasteiger partial charge in [-0.3, -0.25) is 9.36 Å². The number of aliphatic carboxylic acids is 1. The van der Waals surface area contributed by atoms with Crippen molar-refractivity contribution in [2.45, 2.75) is 5.16 Å². The number of carbonyl (C=O) groups is 1. The van der Waals surface area contributed by atoms with Gasteiger partial charge in [0.2, 0.25) is 0 Å². The summed E-state index contributed by atoms with van der Waals surface area (Å²) in [5.41, 5.74) is 0.370. The minimum Gasteiger partial charge on any atom is -0.481 e. The van der Waals surface area contributed by atoms with E-state index in [2.05, 4.69) is 10.2 Å². The van der Waals surface area contributed by atoms with Crippen LogP contribution >= 0.6 is 23.4 Å². The largest absolute Gasteiger partial charge is 0.481 e. The monoisotopic (exact) mass is 287 g/mol. The van der Waals surface area contributed by atoms with E-state index < -0.39 is 11.8 Å². The summed E-state index contributed by atoms with van der Waals surface area (Å²) in [4.78, 5) is 10.5. The summed E-state index contributed by atoms with van der Waals surface area (Å²) in [7, 11) is 0. The average Bonchev–Trinajstić information content (AvgIpc) is 2.77. The van der Waals surface area contributed by atoms with E-state index in [1.165, 1.54) is 29.1 Å². The third kappa shape index (κ3) is 2.80. The lowest BCUT2D eigenvalue weighted by molar-refractivity contribution is -0.133. The zero-order chi connectivity index (χ0) is 13.1. The Morgan fingerprint density at radius 1 is 1.56 bits per heavy atom. The average molecular weight is 288 g/mol. The maximum Gasteiger partial charge on any atom is 0.313 e. The lowest BCUT2D eigenvalue weighted by Gasteiger charge is -2.07. The smallest absolute Gasteiger partial charge is 0.313 e. The number of halogens is 2. The third-order valence-electron chi connectivity index (χ3n) is 2.01. The van der Waals surface area contributed by atoms with E-state index in [0.717, 1.165) is 11.8 Å². The molecule has 0 aliphatic carbocycles. The Hall–Kier alpha value is -1.60. The SMILES string of the molecule is O=C(O)CSc1nncn1-c1cc(F)ccc1Cl. The Balaban J connectivity index is 2.36. The molecule has 1 aromatic heterocycles. The van der Waals surface area contributed by atoms with Gasteiger partial charge in [-0.15, -0.1) is 10.2 Å². The van der Waals surface area contributed by atoms with Gasteiger partial charge in [0.25, 0.3) is 0 Å². The minimum atomic E-state index is -0.972. The van der Waals surface area contributed by atoms with E-state index in [0.29, 0.717) is 15.9 Å². The molecule has 0 bridgehead atoms. The second-order valence-corrected chi connectivity index (χ2v) is 4.61. The number of rotatable bonds is 4. The predicted molar refractivity (Wildman–Crippen MR) is 64.7 cm³/mol. The summed E-state index contributed by atoms with van der Waals surface area (Å²) in [5, 5.41) is 16.7. The Morgan fingerprint density at radius 3 is 3.06 bits per heavy atom. The number of hydrogen-bond donors (Lipinski definition) is 1. The van der Waals surface area contributed by atoms with Crippen LogP contribution in [-0.2, 0) is 4.79 Å². The van der Waals surface area contributed by atoms with Crippen LogP contribution in [0.5, 0.6) is 0 Å². The predicted octanol–water partition coefficient (Wildman–Crippen LogP) is 2.24. The Kier molecular flexibility index (Phi) is 3.83. The van der Waals surface area contributed by atoms with Crippen molar-refractivity contribution >= 4 is 29.3 Å². The van der Waals surface area contributed by atoms with Crippen LogP contribution in [0.15, 0.2) is 29.7 Å². The first-order valence-corrected chi connectivity index (χ1v) is 6.14. The van der Waals surface area contributed by atoms with Crippen molar-refractivity contribution in [3.05, 3.63) is 35.4 Å². The zero-order valence-corrected chi connectivity index (χ0v) is 10.5. The van der Waals surface area contributed by atoms with Crippen LogP contribution < -0.4 is 0 Å². The molecule has 0 unspecified atom stereocenters. The zero-order valence-electron chi connectivity index (χ0n) is 8.88. The highest BCUT2D eigenvalue weighted by Crippen LogP contribution is 2.25. The number of hydrogen-bond acceptors (Lipinski definition) is 4. The molecule has 18 heavy (non-hydrogen) atoms. The molecule has 0 aliphatic heterocycles. The van der Waals surface area contributed by atoms with Crippen molar-refractivity contribution < 1.29 is 14.3 Å². The van der Waals surface area contributed by atoms with Crippen molar-refractivity contribution in [2.75, 3.05) is 5.75 Å². The summed E-state index contributed by atoms with van der Waals surface area (Å²) in [5.74, 6) is -1.58. The highest BCUT2D eigenvalue weighted by molar-refractivity contribution is 7.99. The topological polar surface area (TPSA) is 68.0 Å². The second kappa shape index (κ2) is 5.36. The molecule has 8 heteroatoms. The molecule has 1 heterocycles. The molecule has 0 spiro atoms. The first-order valence-electron chi connectivity index (χ1n) is 4.78. The highest BCUT2D eigenvalue weighted by Gasteiger charge is 2.12. The lowest BCUT2D eigenvalue weighted by atomic mass is 10.3. The molecule has 2 rings (SSSR count). The molecular formula is C10H7ClFN3O2S. The van der Waals surface area contributed by atoms with Crippen molar-refractivity contribution in [1.29, 1.82) is 0 Å². The van der Waals surface area contributed by atoms with E-state index >= 15 is 0 Å². The molecule has 0 aliphatic rings. The molecule has 0 saturated carbocycles. The summed E-state index contributed by atoms with van der Waals surface area (Å²) in [6.45, 7) is 0. The number of carboxylic acids is 1. The van der Waals surface area contributed by atoms with Gasteiger partial charge in [-0.2, -0.15) is 0 Å². The van der Waals surface area contributed by atoms with Gasteiger partial charge >= 0.3 is 5.97 Å². The third-order valence-corrected chi connectivity index (χ3v) is 3.26. The Labute approximate surface area is 111 Å². The summed E-state index contributed by atoms with van der Waals surface area (Å²) < 4.78 is 14.6. The maximum atomic E-state index is 13.2. The molecule has 2 aromatic rings. The molecule has 1 N–H and O–H groups in total. The van der Waals surface area contributed by atoms with Crippen molar-refractivity contribution in [3.8, 4) is 5.69 Å². The Bertz CT molecular complexity index is 590. The van der Waals surface area contributed by atoms with Crippen molar-refractivity contribution in [1.82, 2.24) is 14.8 Å². The van der Waals surface area contributed by atoms with Gasteiger partial charge < -0.3 is 5.11 Å². The summed E-state index contributed by atoms with van der Waals surface area (Å²) in [6.07, 6.45) is 1.35. The molecule has 0 saturated heterocycles. The van der Waals surface area contributed by atoms with Crippen LogP contribution in [0.1, 0.15) is 0 Å². The van der Waals surface area contributed by atoms with E-state index in [9.17, 15) is 9.18 Å². The lowest BCUT2D eigenvalue weighted by Crippen LogP contribution is -2.02.